The van der Waals surface area contributed by atoms with Gasteiger partial charge in [-0.05, 0) is 66.0 Å². The number of fused-ring (bicyclic) bond motifs is 8. The van der Waals surface area contributed by atoms with Crippen LogP contribution in [0.2, 0.25) is 16.6 Å². The molecule has 368 valence electrons. The van der Waals surface area contributed by atoms with Crippen molar-refractivity contribution < 1.29 is 66.9 Å². The van der Waals surface area contributed by atoms with Crippen LogP contribution in [0.1, 0.15) is 105 Å². The molecule has 3 fully saturated rings. The van der Waals surface area contributed by atoms with Crippen LogP contribution in [0.3, 0.4) is 0 Å². The van der Waals surface area contributed by atoms with Crippen LogP contribution in [-0.2, 0) is 42.4 Å². The zero-order chi connectivity index (χ0) is 49.2. The lowest BCUT2D eigenvalue weighted by atomic mass is 9.46. The summed E-state index contributed by atoms with van der Waals surface area (Å²) in [5.41, 5.74) is -5.36. The van der Waals surface area contributed by atoms with Gasteiger partial charge in [0.1, 0.15) is 48.0 Å². The molecule has 2 saturated heterocycles. The maximum Gasteiger partial charge on any atom is 0.338 e. The number of aliphatic hydroxyl groups excluding tert-OH is 2. The fourth-order valence-corrected chi connectivity index (χ4v) is 18.1. The Kier molecular flexibility index (Phi) is 14.3. The number of pyridine rings is 1. The maximum atomic E-state index is 15.8. The molecule has 17 heteroatoms. The molecule has 1 aromatic carbocycles. The standard InChI is InChI=1S/C50H69FN2O13Si/c1-26(2)67(27(3)4,28(5)6)66-40(38(52-12)37-32(51)19-16-22-53-37)45(58)61-34-23-50(59)43(63-44(57)31-17-14-13-15-18-31)41-48(11,21-20-35-49(41,25-60-35)65-30(8)55)42-39(36(29(34)7)47(50,9)10)62-46(64-42)33(56)24-54/h13-22,26-28,33-35,38-43,46,52,54,56,59H,23-25H2,1-12H3/t33?,34-,35+,38-,39+,40+,41-,42+,43-,46+,48+,49-,50+/m0/s1. The smallest absolute Gasteiger partial charge is 0.338 e. The van der Waals surface area contributed by atoms with Gasteiger partial charge in [0, 0.05) is 30.4 Å². The van der Waals surface area contributed by atoms with Crippen molar-refractivity contribution in [2.75, 3.05) is 20.3 Å². The van der Waals surface area contributed by atoms with Gasteiger partial charge in [0.25, 0.3) is 0 Å². The molecule has 13 atom stereocenters. The third-order valence-electron chi connectivity index (χ3n) is 15.8. The molecule has 15 nitrogen and oxygen atoms in total. The van der Waals surface area contributed by atoms with E-state index in [4.69, 9.17) is 32.8 Å². The Balaban J connectivity index is 1.46. The fourth-order valence-electron chi connectivity index (χ4n) is 12.6. The number of nitrogens with zero attached hydrogens (tertiary/aromatic N) is 1. The number of hydrogen-bond acceptors (Lipinski definition) is 15. The number of carbonyl (C=O) groups is 3. The normalized spacial score (nSPS) is 33.4. The lowest BCUT2D eigenvalue weighted by Gasteiger charge is -2.66. The van der Waals surface area contributed by atoms with Crippen LogP contribution < -0.4 is 5.32 Å². The first-order valence-corrected chi connectivity index (χ1v) is 25.6. The van der Waals surface area contributed by atoms with Gasteiger partial charge in [-0.25, -0.2) is 14.0 Å². The summed E-state index contributed by atoms with van der Waals surface area (Å²) in [6.45, 7) is 20.0. The molecule has 7 rings (SSSR count). The molecule has 67 heavy (non-hydrogen) atoms. The largest absolute Gasteiger partial charge is 0.456 e. The van der Waals surface area contributed by atoms with E-state index in [2.05, 4.69) is 51.8 Å². The molecule has 3 aliphatic carbocycles. The second kappa shape index (κ2) is 18.8. The number of benzene rings is 1. The molecule has 4 N–H and O–H groups in total. The molecule has 5 aliphatic rings. The van der Waals surface area contributed by atoms with Gasteiger partial charge in [0.05, 0.1) is 36.4 Å². The van der Waals surface area contributed by atoms with Crippen LogP contribution in [0.5, 0.6) is 0 Å². The summed E-state index contributed by atoms with van der Waals surface area (Å²) in [7, 11) is -1.36. The number of nitrogens with one attached hydrogen (secondary N) is 1. The molecule has 2 aromatic rings. The Morgan fingerprint density at radius 3 is 2.19 bits per heavy atom. The second-order valence-corrected chi connectivity index (χ2v) is 26.1. The van der Waals surface area contributed by atoms with Gasteiger partial charge in [-0.15, -0.1) is 0 Å². The SMILES string of the molecule is CN[C@@H](c1ncccc1F)[C@@H](O[Si](C(C)C)(C(C)C)C(C)C)C(=O)O[C@H]1C[C@@]2(O)[C@@H](OC(=O)c3ccccc3)[C@H]3[C@@](C)(C=C[C@H]4OC[C@]43OC(C)=O)[C@@H]3O[C@H](C(O)CO)O[C@@H]3C(=C1C)C2(C)C. The maximum absolute atomic E-state index is 15.8. The first kappa shape index (κ1) is 51.0. The van der Waals surface area contributed by atoms with Gasteiger partial charge in [-0.1, -0.05) is 92.7 Å². The lowest BCUT2D eigenvalue weighted by Crippen LogP contribution is -2.78. The zero-order valence-corrected chi connectivity index (χ0v) is 41.6. The van der Waals surface area contributed by atoms with Crippen molar-refractivity contribution in [2.45, 2.75) is 165 Å². The van der Waals surface area contributed by atoms with Crippen LogP contribution in [0.15, 0.2) is 72.0 Å². The molecule has 0 amide bonds. The summed E-state index contributed by atoms with van der Waals surface area (Å²) in [6, 6.07) is 9.89. The Labute approximate surface area is 393 Å². The number of rotatable bonds is 15. The van der Waals surface area contributed by atoms with Crippen LogP contribution in [0.4, 0.5) is 4.39 Å². The average molecular weight is 953 g/mol. The first-order chi connectivity index (χ1) is 31.5. The zero-order valence-electron chi connectivity index (χ0n) is 40.6. The average Bonchev–Trinajstić information content (AvgIpc) is 3.70. The predicted molar refractivity (Wildman–Crippen MR) is 245 cm³/mol. The minimum Gasteiger partial charge on any atom is -0.456 e. The van der Waals surface area contributed by atoms with E-state index in [1.165, 1.54) is 25.3 Å². The van der Waals surface area contributed by atoms with Crippen LogP contribution in [0, 0.1) is 22.6 Å². The van der Waals surface area contributed by atoms with Gasteiger partial charge >= 0.3 is 17.9 Å². The van der Waals surface area contributed by atoms with Gasteiger partial charge < -0.3 is 53.5 Å². The van der Waals surface area contributed by atoms with Gasteiger partial charge in [0.2, 0.25) is 8.32 Å². The van der Waals surface area contributed by atoms with E-state index in [-0.39, 0.29) is 40.9 Å². The Bertz CT molecular complexity index is 2220. The van der Waals surface area contributed by atoms with Crippen molar-refractivity contribution in [2.24, 2.45) is 16.7 Å². The number of aromatic nitrogens is 1. The van der Waals surface area contributed by atoms with Gasteiger partial charge in [0.15, 0.2) is 18.0 Å². The van der Waals surface area contributed by atoms with Crippen molar-refractivity contribution in [3.8, 4) is 0 Å². The van der Waals surface area contributed by atoms with Crippen LogP contribution in [-0.4, -0.2) is 127 Å². The molecule has 3 heterocycles. The van der Waals surface area contributed by atoms with Crippen molar-refractivity contribution >= 4 is 26.2 Å². The molecule has 1 aromatic heterocycles. The number of ether oxygens (including phenoxy) is 6. The quantitative estimate of drug-likeness (QED) is 0.0698. The molecule has 1 saturated carbocycles. The monoisotopic (exact) mass is 952 g/mol. The molecule has 0 radical (unpaired) electrons. The third-order valence-corrected chi connectivity index (χ3v) is 21.8. The van der Waals surface area contributed by atoms with E-state index in [0.29, 0.717) is 11.1 Å². The van der Waals surface area contributed by atoms with E-state index >= 15 is 9.18 Å². The topological polar surface area (TPSA) is 201 Å². The Morgan fingerprint density at radius 1 is 0.985 bits per heavy atom. The van der Waals surface area contributed by atoms with Crippen molar-refractivity contribution in [1.29, 1.82) is 0 Å². The van der Waals surface area contributed by atoms with Crippen LogP contribution in [0.25, 0.3) is 0 Å². The molecule has 1 unspecified atom stereocenters. The van der Waals surface area contributed by atoms with Gasteiger partial charge in [-0.2, -0.15) is 0 Å². The summed E-state index contributed by atoms with van der Waals surface area (Å²) in [5.74, 6) is -4.07. The summed E-state index contributed by atoms with van der Waals surface area (Å²) < 4.78 is 62.1. The summed E-state index contributed by atoms with van der Waals surface area (Å²) in [6.07, 6.45) is -5.44. The van der Waals surface area contributed by atoms with Gasteiger partial charge in [-0.3, -0.25) is 9.78 Å². The van der Waals surface area contributed by atoms with E-state index < -0.39 is 122 Å². The third kappa shape index (κ3) is 8.22. The number of carbonyl (C=O) groups excluding carboxylic acids is 3. The number of hydrogen-bond donors (Lipinski definition) is 4. The first-order valence-electron chi connectivity index (χ1n) is 23.4. The minimum atomic E-state index is -2.95. The highest BCUT2D eigenvalue weighted by Gasteiger charge is 2.76. The second-order valence-electron chi connectivity index (χ2n) is 20.7. The molecule has 0 spiro atoms. The minimum absolute atomic E-state index is 0.00183. The molecule has 2 aliphatic heterocycles. The van der Waals surface area contributed by atoms with Crippen molar-refractivity contribution in [3.63, 3.8) is 0 Å². The molecular weight excluding hydrogens is 884 g/mol. The summed E-state index contributed by atoms with van der Waals surface area (Å²) >= 11 is 0. The summed E-state index contributed by atoms with van der Waals surface area (Å²) in [5, 5.41) is 38.5. The number of aliphatic hydroxyl groups is 3. The molecular formula is C50H69FN2O13Si. The fraction of sp³-hybridized carbons (Fsp3) is 0.640. The Morgan fingerprint density at radius 2 is 1.64 bits per heavy atom. The Hall–Kier alpha value is -3.91. The highest BCUT2D eigenvalue weighted by molar-refractivity contribution is 6.77. The van der Waals surface area contributed by atoms with Crippen molar-refractivity contribution in [1.82, 2.24) is 10.3 Å². The van der Waals surface area contributed by atoms with E-state index in [0.717, 1.165) is 0 Å². The van der Waals surface area contributed by atoms with Crippen molar-refractivity contribution in [3.05, 3.63) is 89.0 Å². The lowest BCUT2D eigenvalue weighted by molar-refractivity contribution is -0.317. The number of halogens is 1. The van der Waals surface area contributed by atoms with E-state index in [1.54, 1.807) is 64.2 Å². The van der Waals surface area contributed by atoms with Crippen LogP contribution >= 0.6 is 0 Å². The molecule has 2 bridgehead atoms. The number of esters is 3. The predicted octanol–water partition coefficient (Wildman–Crippen LogP) is 6.03. The summed E-state index contributed by atoms with van der Waals surface area (Å²) in [4.78, 5) is 47.6. The highest BCUT2D eigenvalue weighted by atomic mass is 28.4. The number of likely N-dealkylation sites (N-methyl/N-ethyl adjacent to an activating group) is 1. The van der Waals surface area contributed by atoms with E-state index in [9.17, 15) is 24.9 Å². The van der Waals surface area contributed by atoms with E-state index in [1.807, 2.05) is 13.0 Å². The highest BCUT2D eigenvalue weighted by Crippen LogP contribution is 2.65.